The Labute approximate surface area is 131 Å². The number of esters is 1. The fraction of sp³-hybridized carbons (Fsp3) is 0.812. The van der Waals surface area contributed by atoms with Crippen LogP contribution in [0.25, 0.3) is 0 Å². The monoisotopic (exact) mass is 310 g/mol. The molecule has 6 nitrogen and oxygen atoms in total. The molecule has 2 rings (SSSR count). The number of piperidine rings is 1. The van der Waals surface area contributed by atoms with Gasteiger partial charge in [0.2, 0.25) is 11.8 Å². The van der Waals surface area contributed by atoms with Crippen LogP contribution in [0.2, 0.25) is 0 Å². The van der Waals surface area contributed by atoms with Gasteiger partial charge in [0.15, 0.2) is 0 Å². The molecule has 1 saturated heterocycles. The van der Waals surface area contributed by atoms with E-state index < -0.39 is 0 Å². The normalized spacial score (nSPS) is 21.4. The standard InChI is InChI=1S/C16H26N2O4/c1-3-17(10-8-14(19)22-2)16(21)13-5-4-9-18(11-13)15(20)12-6-7-12/h12-13H,3-11H2,1-2H3. The second-order valence-corrected chi connectivity index (χ2v) is 6.14. The third-order valence-corrected chi connectivity index (χ3v) is 4.52. The zero-order chi connectivity index (χ0) is 16.1. The van der Waals surface area contributed by atoms with Crippen LogP contribution in [0.3, 0.4) is 0 Å². The summed E-state index contributed by atoms with van der Waals surface area (Å²) in [6.45, 7) is 4.17. The van der Waals surface area contributed by atoms with E-state index >= 15 is 0 Å². The first-order chi connectivity index (χ1) is 10.6. The Bertz CT molecular complexity index is 434. The topological polar surface area (TPSA) is 66.9 Å². The zero-order valence-corrected chi connectivity index (χ0v) is 13.5. The van der Waals surface area contributed by atoms with E-state index in [9.17, 15) is 14.4 Å². The lowest BCUT2D eigenvalue weighted by Gasteiger charge is -2.34. The molecule has 2 fully saturated rings. The summed E-state index contributed by atoms with van der Waals surface area (Å²) in [5, 5.41) is 0. The molecule has 0 bridgehead atoms. The quantitative estimate of drug-likeness (QED) is 0.688. The largest absolute Gasteiger partial charge is 0.469 e. The highest BCUT2D eigenvalue weighted by molar-refractivity contribution is 5.83. The van der Waals surface area contributed by atoms with E-state index in [0.717, 1.165) is 32.2 Å². The van der Waals surface area contributed by atoms with Gasteiger partial charge in [-0.25, -0.2) is 0 Å². The fourth-order valence-electron chi connectivity index (χ4n) is 2.98. The maximum Gasteiger partial charge on any atom is 0.307 e. The van der Waals surface area contributed by atoms with Crippen LogP contribution in [0, 0.1) is 11.8 Å². The van der Waals surface area contributed by atoms with Gasteiger partial charge in [0, 0.05) is 32.1 Å². The van der Waals surface area contributed by atoms with Gasteiger partial charge in [-0.05, 0) is 32.6 Å². The lowest BCUT2D eigenvalue weighted by Crippen LogP contribution is -2.47. The van der Waals surface area contributed by atoms with Crippen molar-refractivity contribution in [3.63, 3.8) is 0 Å². The Hall–Kier alpha value is -1.59. The third kappa shape index (κ3) is 4.21. The first-order valence-electron chi connectivity index (χ1n) is 8.21. The van der Waals surface area contributed by atoms with Crippen molar-refractivity contribution in [2.24, 2.45) is 11.8 Å². The van der Waals surface area contributed by atoms with Crippen LogP contribution >= 0.6 is 0 Å². The number of methoxy groups -OCH3 is 1. The summed E-state index contributed by atoms with van der Waals surface area (Å²) in [6.07, 6.45) is 3.90. The predicted molar refractivity (Wildman–Crippen MR) is 80.9 cm³/mol. The summed E-state index contributed by atoms with van der Waals surface area (Å²) in [7, 11) is 1.35. The molecule has 1 saturated carbocycles. The van der Waals surface area contributed by atoms with Crippen molar-refractivity contribution in [1.29, 1.82) is 0 Å². The Morgan fingerprint density at radius 1 is 1.18 bits per heavy atom. The average molecular weight is 310 g/mol. The smallest absolute Gasteiger partial charge is 0.307 e. The first kappa shape index (κ1) is 16.8. The van der Waals surface area contributed by atoms with Crippen LogP contribution in [0.5, 0.6) is 0 Å². The molecule has 6 heteroatoms. The Kier molecular flexibility index (Phi) is 5.80. The van der Waals surface area contributed by atoms with E-state index in [1.165, 1.54) is 7.11 Å². The van der Waals surface area contributed by atoms with E-state index in [-0.39, 0.29) is 36.0 Å². The molecule has 1 unspecified atom stereocenters. The average Bonchev–Trinajstić information content (AvgIpc) is 3.39. The molecule has 22 heavy (non-hydrogen) atoms. The summed E-state index contributed by atoms with van der Waals surface area (Å²) < 4.78 is 4.62. The molecule has 1 atom stereocenters. The van der Waals surface area contributed by atoms with Gasteiger partial charge in [-0.2, -0.15) is 0 Å². The summed E-state index contributed by atoms with van der Waals surface area (Å²) in [5.74, 6) is 0.0414. The van der Waals surface area contributed by atoms with Crippen molar-refractivity contribution in [3.05, 3.63) is 0 Å². The third-order valence-electron chi connectivity index (χ3n) is 4.52. The van der Waals surface area contributed by atoms with Crippen LogP contribution in [0.15, 0.2) is 0 Å². The number of amides is 2. The van der Waals surface area contributed by atoms with Gasteiger partial charge in [0.1, 0.15) is 0 Å². The molecule has 1 aliphatic heterocycles. The minimum atomic E-state index is -0.305. The number of carbonyl (C=O) groups excluding carboxylic acids is 3. The molecule has 0 N–H and O–H groups in total. The van der Waals surface area contributed by atoms with Gasteiger partial charge in [0.05, 0.1) is 19.4 Å². The zero-order valence-electron chi connectivity index (χ0n) is 13.5. The van der Waals surface area contributed by atoms with E-state index in [4.69, 9.17) is 0 Å². The predicted octanol–water partition coefficient (Wildman–Crippen LogP) is 1.05. The van der Waals surface area contributed by atoms with Gasteiger partial charge >= 0.3 is 5.97 Å². The van der Waals surface area contributed by atoms with E-state index in [0.29, 0.717) is 19.6 Å². The Morgan fingerprint density at radius 2 is 1.91 bits per heavy atom. The molecule has 0 aromatic carbocycles. The van der Waals surface area contributed by atoms with Gasteiger partial charge in [-0.1, -0.05) is 0 Å². The van der Waals surface area contributed by atoms with Crippen LogP contribution in [0.4, 0.5) is 0 Å². The lowest BCUT2D eigenvalue weighted by molar-refractivity contribution is -0.143. The minimum Gasteiger partial charge on any atom is -0.469 e. The number of hydrogen-bond acceptors (Lipinski definition) is 4. The molecule has 0 aromatic rings. The molecule has 2 amide bonds. The fourth-order valence-corrected chi connectivity index (χ4v) is 2.98. The maximum absolute atomic E-state index is 12.6. The number of rotatable bonds is 6. The maximum atomic E-state index is 12.6. The molecule has 0 radical (unpaired) electrons. The van der Waals surface area contributed by atoms with E-state index in [2.05, 4.69) is 4.74 Å². The van der Waals surface area contributed by atoms with Crippen molar-refractivity contribution < 1.29 is 19.1 Å². The number of nitrogens with zero attached hydrogens (tertiary/aromatic N) is 2. The van der Waals surface area contributed by atoms with Crippen LogP contribution in [-0.2, 0) is 19.1 Å². The van der Waals surface area contributed by atoms with Crippen molar-refractivity contribution >= 4 is 17.8 Å². The van der Waals surface area contributed by atoms with Crippen molar-refractivity contribution in [2.75, 3.05) is 33.3 Å². The van der Waals surface area contributed by atoms with Crippen molar-refractivity contribution in [2.45, 2.75) is 39.0 Å². The number of ether oxygens (including phenoxy) is 1. The second kappa shape index (κ2) is 7.61. The van der Waals surface area contributed by atoms with E-state index in [1.54, 1.807) is 4.90 Å². The van der Waals surface area contributed by atoms with Gasteiger partial charge in [-0.3, -0.25) is 14.4 Å². The van der Waals surface area contributed by atoms with Crippen molar-refractivity contribution in [1.82, 2.24) is 9.80 Å². The molecule has 1 heterocycles. The van der Waals surface area contributed by atoms with E-state index in [1.807, 2.05) is 11.8 Å². The second-order valence-electron chi connectivity index (χ2n) is 6.14. The lowest BCUT2D eigenvalue weighted by atomic mass is 9.96. The molecule has 1 aliphatic carbocycles. The highest BCUT2D eigenvalue weighted by Crippen LogP contribution is 2.32. The highest BCUT2D eigenvalue weighted by atomic mass is 16.5. The highest BCUT2D eigenvalue weighted by Gasteiger charge is 2.37. The molecule has 0 spiro atoms. The molecular formula is C16H26N2O4. The van der Waals surface area contributed by atoms with Crippen molar-refractivity contribution in [3.8, 4) is 0 Å². The van der Waals surface area contributed by atoms with Gasteiger partial charge in [-0.15, -0.1) is 0 Å². The summed E-state index contributed by atoms with van der Waals surface area (Å²) in [4.78, 5) is 39.6. The summed E-state index contributed by atoms with van der Waals surface area (Å²) in [6, 6.07) is 0. The first-order valence-corrected chi connectivity index (χ1v) is 8.21. The number of carbonyl (C=O) groups is 3. The number of hydrogen-bond donors (Lipinski definition) is 0. The SMILES string of the molecule is CCN(CCC(=O)OC)C(=O)C1CCCN(C(=O)C2CC2)C1. The minimum absolute atomic E-state index is 0.0553. The van der Waals surface area contributed by atoms with Crippen LogP contribution < -0.4 is 0 Å². The number of likely N-dealkylation sites (tertiary alicyclic amines) is 1. The Balaban J connectivity index is 1.88. The summed E-state index contributed by atoms with van der Waals surface area (Å²) in [5.41, 5.74) is 0. The van der Waals surface area contributed by atoms with Crippen LogP contribution in [0.1, 0.15) is 39.0 Å². The van der Waals surface area contributed by atoms with Gasteiger partial charge in [0.25, 0.3) is 0 Å². The molecular weight excluding hydrogens is 284 g/mol. The Morgan fingerprint density at radius 3 is 2.50 bits per heavy atom. The molecule has 2 aliphatic rings. The summed E-state index contributed by atoms with van der Waals surface area (Å²) >= 11 is 0. The van der Waals surface area contributed by atoms with Crippen LogP contribution in [-0.4, -0.2) is 60.9 Å². The van der Waals surface area contributed by atoms with Gasteiger partial charge < -0.3 is 14.5 Å². The molecule has 124 valence electrons. The molecule has 0 aromatic heterocycles.